The van der Waals surface area contributed by atoms with E-state index < -0.39 is 6.10 Å². The van der Waals surface area contributed by atoms with Crippen LogP contribution in [-0.2, 0) is 19.1 Å². The van der Waals surface area contributed by atoms with Crippen LogP contribution in [0.4, 0.5) is 0 Å². The molecule has 0 saturated heterocycles. The van der Waals surface area contributed by atoms with Crippen molar-refractivity contribution in [3.63, 3.8) is 0 Å². The Balaban J connectivity index is 3.42. The molecule has 0 bridgehead atoms. The fraction of sp³-hybridized carbons (Fsp3) is 0.763. The van der Waals surface area contributed by atoms with Gasteiger partial charge in [0.2, 0.25) is 0 Å². The SMILES string of the molecule is CC/C=C\C/C=C\C/C=C\C/C=C\C/C=C\CCCCCCCCCCCCCCCCCCCCCCCC(=O)OC(CO)COC(=O)CCCCCCC/C=C\CCCCCC. The van der Waals surface area contributed by atoms with Crippen LogP contribution in [0.1, 0.15) is 271 Å². The van der Waals surface area contributed by atoms with Gasteiger partial charge in [0.15, 0.2) is 6.10 Å². The molecule has 1 N–H and O–H groups in total. The van der Waals surface area contributed by atoms with E-state index >= 15 is 0 Å². The highest BCUT2D eigenvalue weighted by atomic mass is 16.6. The number of hydrogen-bond acceptors (Lipinski definition) is 5. The third-order valence-electron chi connectivity index (χ3n) is 12.0. The number of esters is 2. The fourth-order valence-corrected chi connectivity index (χ4v) is 7.87. The molecule has 0 aromatic heterocycles. The van der Waals surface area contributed by atoms with E-state index in [2.05, 4.69) is 86.8 Å². The maximum atomic E-state index is 12.3. The summed E-state index contributed by atoms with van der Waals surface area (Å²) in [4.78, 5) is 24.4. The number of carbonyl (C=O) groups is 2. The Kier molecular flexibility index (Phi) is 52.4. The van der Waals surface area contributed by atoms with Gasteiger partial charge in [-0.25, -0.2) is 0 Å². The standard InChI is InChI=1S/C59H104O5/c1-3-5-7-9-11-13-15-17-18-19-20-21-22-23-24-25-26-27-28-29-30-31-32-33-34-35-36-37-38-39-40-42-44-46-48-50-52-54-59(62)64-57(55-60)56-63-58(61)53-51-49-47-45-43-41-16-14-12-10-8-6-4-2/h5,7,11,13-14,16-18,20-21,23-24,57,60H,3-4,6,8-10,12,15,19,22,25-56H2,1-2H3/b7-5-,13-11-,16-14-,18-17-,21-20-,24-23-. The van der Waals surface area contributed by atoms with Crippen LogP contribution in [0, 0.1) is 0 Å². The summed E-state index contributed by atoms with van der Waals surface area (Å²) in [6.07, 6.45) is 74.6. The number of rotatable bonds is 50. The second-order valence-electron chi connectivity index (χ2n) is 18.3. The van der Waals surface area contributed by atoms with E-state index in [1.165, 1.54) is 167 Å². The lowest BCUT2D eigenvalue weighted by Gasteiger charge is -2.15. The topological polar surface area (TPSA) is 72.8 Å². The van der Waals surface area contributed by atoms with Gasteiger partial charge >= 0.3 is 11.9 Å². The highest BCUT2D eigenvalue weighted by Crippen LogP contribution is 2.16. The Morgan fingerprint density at radius 1 is 0.375 bits per heavy atom. The van der Waals surface area contributed by atoms with Crippen molar-refractivity contribution in [2.75, 3.05) is 13.2 Å². The van der Waals surface area contributed by atoms with E-state index in [-0.39, 0.29) is 25.2 Å². The van der Waals surface area contributed by atoms with Crippen molar-refractivity contribution in [3.05, 3.63) is 72.9 Å². The van der Waals surface area contributed by atoms with Gasteiger partial charge in [0.1, 0.15) is 6.61 Å². The third kappa shape index (κ3) is 52.0. The summed E-state index contributed by atoms with van der Waals surface area (Å²) < 4.78 is 10.7. The Morgan fingerprint density at radius 2 is 0.672 bits per heavy atom. The summed E-state index contributed by atoms with van der Waals surface area (Å²) in [6, 6.07) is 0. The second kappa shape index (κ2) is 54.7. The monoisotopic (exact) mass is 893 g/mol. The van der Waals surface area contributed by atoms with Crippen LogP contribution in [0.5, 0.6) is 0 Å². The van der Waals surface area contributed by atoms with Crippen molar-refractivity contribution in [2.24, 2.45) is 0 Å². The zero-order valence-corrected chi connectivity index (χ0v) is 42.3. The van der Waals surface area contributed by atoms with Crippen molar-refractivity contribution >= 4 is 11.9 Å². The molecule has 0 heterocycles. The maximum Gasteiger partial charge on any atom is 0.306 e. The normalized spacial score (nSPS) is 12.7. The van der Waals surface area contributed by atoms with Gasteiger partial charge in [-0.1, -0.05) is 247 Å². The first kappa shape index (κ1) is 61.3. The molecule has 0 aliphatic heterocycles. The first-order valence-corrected chi connectivity index (χ1v) is 27.5. The van der Waals surface area contributed by atoms with Crippen LogP contribution in [-0.4, -0.2) is 36.4 Å². The molecule has 0 rings (SSSR count). The summed E-state index contributed by atoms with van der Waals surface area (Å²) in [5.74, 6) is -0.592. The summed E-state index contributed by atoms with van der Waals surface area (Å²) in [5, 5.41) is 9.61. The minimum atomic E-state index is -0.774. The summed E-state index contributed by atoms with van der Waals surface area (Å²) in [5.41, 5.74) is 0. The number of aliphatic hydroxyl groups is 1. The average Bonchev–Trinajstić information content (AvgIpc) is 3.30. The second-order valence-corrected chi connectivity index (χ2v) is 18.3. The minimum Gasteiger partial charge on any atom is -0.462 e. The number of unbranched alkanes of at least 4 members (excludes halogenated alkanes) is 30. The van der Waals surface area contributed by atoms with Crippen molar-refractivity contribution < 1.29 is 24.2 Å². The average molecular weight is 893 g/mol. The largest absolute Gasteiger partial charge is 0.462 e. The summed E-state index contributed by atoms with van der Waals surface area (Å²) in [7, 11) is 0. The molecule has 5 nitrogen and oxygen atoms in total. The summed E-state index contributed by atoms with van der Waals surface area (Å²) in [6.45, 7) is 4.02. The molecule has 5 heteroatoms. The molecule has 0 aliphatic rings. The predicted molar refractivity (Wildman–Crippen MR) is 279 cm³/mol. The van der Waals surface area contributed by atoms with Gasteiger partial charge in [-0.3, -0.25) is 9.59 Å². The van der Waals surface area contributed by atoms with Crippen molar-refractivity contribution in [1.29, 1.82) is 0 Å². The molecule has 0 aromatic rings. The van der Waals surface area contributed by atoms with Crippen molar-refractivity contribution in [1.82, 2.24) is 0 Å². The molecule has 0 amide bonds. The van der Waals surface area contributed by atoms with Gasteiger partial charge in [-0.05, 0) is 83.5 Å². The van der Waals surface area contributed by atoms with Crippen molar-refractivity contribution in [2.45, 2.75) is 277 Å². The van der Waals surface area contributed by atoms with Crippen LogP contribution >= 0.6 is 0 Å². The number of ether oxygens (including phenoxy) is 2. The van der Waals surface area contributed by atoms with Crippen LogP contribution in [0.25, 0.3) is 0 Å². The van der Waals surface area contributed by atoms with Crippen LogP contribution in [0.2, 0.25) is 0 Å². The van der Waals surface area contributed by atoms with Gasteiger partial charge in [-0.15, -0.1) is 0 Å². The number of carbonyl (C=O) groups excluding carboxylic acids is 2. The summed E-state index contributed by atoms with van der Waals surface area (Å²) >= 11 is 0. The molecule has 0 radical (unpaired) electrons. The molecule has 64 heavy (non-hydrogen) atoms. The lowest BCUT2D eigenvalue weighted by molar-refractivity contribution is -0.161. The fourth-order valence-electron chi connectivity index (χ4n) is 7.87. The molecule has 1 unspecified atom stereocenters. The Bertz CT molecular complexity index is 1150. The lowest BCUT2D eigenvalue weighted by atomic mass is 10.0. The maximum absolute atomic E-state index is 12.3. The molecule has 0 saturated carbocycles. The van der Waals surface area contributed by atoms with Crippen LogP contribution < -0.4 is 0 Å². The Hall–Kier alpha value is -2.66. The molecular weight excluding hydrogens is 789 g/mol. The van der Waals surface area contributed by atoms with E-state index in [1.54, 1.807) is 0 Å². The molecule has 0 fully saturated rings. The van der Waals surface area contributed by atoms with Gasteiger partial charge in [-0.2, -0.15) is 0 Å². The molecule has 0 spiro atoms. The first-order chi connectivity index (χ1) is 31.6. The third-order valence-corrected chi connectivity index (χ3v) is 12.0. The first-order valence-electron chi connectivity index (χ1n) is 27.5. The highest BCUT2D eigenvalue weighted by molar-refractivity contribution is 5.70. The number of hydrogen-bond donors (Lipinski definition) is 1. The molecular formula is C59H104O5. The molecule has 370 valence electrons. The molecule has 0 aromatic carbocycles. The Labute approximate surface area is 397 Å². The Morgan fingerprint density at radius 3 is 1.03 bits per heavy atom. The van der Waals surface area contributed by atoms with E-state index in [0.717, 1.165) is 77.0 Å². The van der Waals surface area contributed by atoms with E-state index in [1.807, 2.05) is 0 Å². The zero-order valence-electron chi connectivity index (χ0n) is 42.3. The number of aliphatic hydroxyl groups excluding tert-OH is 1. The van der Waals surface area contributed by atoms with Crippen LogP contribution in [0.15, 0.2) is 72.9 Å². The molecule has 0 aliphatic carbocycles. The zero-order chi connectivity index (χ0) is 46.3. The van der Waals surface area contributed by atoms with Gasteiger partial charge in [0, 0.05) is 12.8 Å². The van der Waals surface area contributed by atoms with Gasteiger partial charge < -0.3 is 14.6 Å². The predicted octanol–water partition coefficient (Wildman–Crippen LogP) is 18.4. The minimum absolute atomic E-state index is 0.0683. The van der Waals surface area contributed by atoms with E-state index in [0.29, 0.717) is 12.8 Å². The quantitative estimate of drug-likeness (QED) is 0.0374. The highest BCUT2D eigenvalue weighted by Gasteiger charge is 2.16. The van der Waals surface area contributed by atoms with Crippen LogP contribution in [0.3, 0.4) is 0 Å². The lowest BCUT2D eigenvalue weighted by Crippen LogP contribution is -2.28. The van der Waals surface area contributed by atoms with Crippen molar-refractivity contribution in [3.8, 4) is 0 Å². The van der Waals surface area contributed by atoms with Gasteiger partial charge in [0.25, 0.3) is 0 Å². The number of allylic oxidation sites excluding steroid dienone is 12. The van der Waals surface area contributed by atoms with Gasteiger partial charge in [0.05, 0.1) is 6.61 Å². The molecule has 1 atom stereocenters. The smallest absolute Gasteiger partial charge is 0.306 e. The van der Waals surface area contributed by atoms with E-state index in [4.69, 9.17) is 9.47 Å². The van der Waals surface area contributed by atoms with E-state index in [9.17, 15) is 14.7 Å².